The van der Waals surface area contributed by atoms with Crippen LogP contribution < -0.4 is 56.1 Å². The van der Waals surface area contributed by atoms with Gasteiger partial charge in [0, 0.05) is 24.2 Å². The standard InChI is InChI=1S/C13H12F3NO2.C8H16O.C4H7.K/c1-2-17-9-4-5-10(12(18)6-3-7-12)11(8-9)19-13(14,15)16;1-5-7(9)6-8(2,3)4;1-2-4-3-1;/h4-5,18H,3,6-7H2,1H3;5-6H2,1-4H3;1H,2-4H2;/q-2;;-1;+1. The van der Waals surface area contributed by atoms with Crippen LogP contribution in [0.2, 0.25) is 0 Å². The average molecular weight is 494 g/mol. The number of halogens is 3. The van der Waals surface area contributed by atoms with Crippen molar-refractivity contribution < 1.29 is 79.2 Å². The number of benzene rings is 1. The fraction of sp³-hybridized carbons (Fsp3) is 0.640. The molecule has 0 atom stereocenters. The molecule has 2 aliphatic rings. The Labute approximate surface area is 239 Å². The van der Waals surface area contributed by atoms with Gasteiger partial charge in [-0.05, 0) is 24.7 Å². The van der Waals surface area contributed by atoms with Crippen LogP contribution in [0.5, 0.6) is 5.75 Å². The summed E-state index contributed by atoms with van der Waals surface area (Å²) in [6.07, 6.45) is 7.11. The molecular formula is C25H35F3KNO3-2. The van der Waals surface area contributed by atoms with Crippen molar-refractivity contribution in [3.8, 4) is 5.75 Å². The van der Waals surface area contributed by atoms with E-state index in [2.05, 4.69) is 49.2 Å². The van der Waals surface area contributed by atoms with Gasteiger partial charge in [0.05, 0.1) is 0 Å². The van der Waals surface area contributed by atoms with Crippen LogP contribution in [0.1, 0.15) is 91.5 Å². The molecule has 0 radical (unpaired) electrons. The van der Waals surface area contributed by atoms with Crippen LogP contribution in [0.25, 0.3) is 0 Å². The Morgan fingerprint density at radius 1 is 1.24 bits per heavy atom. The van der Waals surface area contributed by atoms with Crippen LogP contribution in [-0.2, 0) is 10.4 Å². The first-order valence-electron chi connectivity index (χ1n) is 11.1. The van der Waals surface area contributed by atoms with Crippen molar-refractivity contribution in [2.24, 2.45) is 10.4 Å². The van der Waals surface area contributed by atoms with Crippen LogP contribution in [-0.4, -0.2) is 23.5 Å². The summed E-state index contributed by atoms with van der Waals surface area (Å²) in [6, 6.07) is 5.29. The largest absolute Gasteiger partial charge is 1.00 e. The van der Waals surface area contributed by atoms with Gasteiger partial charge in [0.25, 0.3) is 0 Å². The molecule has 0 aromatic heterocycles. The molecule has 3 rings (SSSR count). The van der Waals surface area contributed by atoms with Crippen molar-refractivity contribution in [2.75, 3.05) is 0 Å². The van der Waals surface area contributed by atoms with Crippen LogP contribution in [0.4, 0.5) is 18.9 Å². The Kier molecular flexibility index (Phi) is 14.9. The van der Waals surface area contributed by atoms with Crippen LogP contribution >= 0.6 is 0 Å². The molecule has 2 fully saturated rings. The molecule has 4 nitrogen and oxygen atoms in total. The molecule has 8 heteroatoms. The zero-order valence-electron chi connectivity index (χ0n) is 20.7. The molecule has 0 saturated heterocycles. The molecule has 0 unspecified atom stereocenters. The van der Waals surface area contributed by atoms with Gasteiger partial charge in [-0.1, -0.05) is 33.3 Å². The molecule has 0 spiro atoms. The second-order valence-corrected chi connectivity index (χ2v) is 9.20. The van der Waals surface area contributed by atoms with Crippen molar-refractivity contribution in [1.82, 2.24) is 0 Å². The number of ether oxygens (including phenoxy) is 1. The molecule has 1 aromatic carbocycles. The third kappa shape index (κ3) is 13.4. The maximum atomic E-state index is 12.4. The number of hydrogen-bond donors (Lipinski definition) is 1. The summed E-state index contributed by atoms with van der Waals surface area (Å²) in [6.45, 7) is 9.68. The summed E-state index contributed by atoms with van der Waals surface area (Å²) in [4.78, 5) is 14.6. The number of carbonyl (C=O) groups is 1. The van der Waals surface area contributed by atoms with Gasteiger partial charge in [-0.15, -0.1) is 26.5 Å². The SMILES string of the molecule is CCC(=O)CC(C)(C)C.C[C-]=Nc1[c-]c(OC(F)(F)F)c(C2(O)CCC2)cc1.[CH-]1CCC1.[K+]. The van der Waals surface area contributed by atoms with Gasteiger partial charge >= 0.3 is 57.7 Å². The number of nitrogens with zero attached hydrogens (tertiary/aromatic N) is 1. The normalized spacial score (nSPS) is 16.6. The Hall–Kier alpha value is -0.254. The second kappa shape index (κ2) is 15.0. The number of Topliss-reactive ketones (excluding diaryl/α,β-unsaturated/α-hetero) is 1. The van der Waals surface area contributed by atoms with Crippen molar-refractivity contribution in [3.05, 3.63) is 30.2 Å². The Morgan fingerprint density at radius 2 is 1.79 bits per heavy atom. The molecule has 2 saturated carbocycles. The van der Waals surface area contributed by atoms with E-state index < -0.39 is 17.7 Å². The first-order valence-corrected chi connectivity index (χ1v) is 11.1. The third-order valence-corrected chi connectivity index (χ3v) is 4.96. The zero-order chi connectivity index (χ0) is 24.4. The molecule has 2 aliphatic carbocycles. The van der Waals surface area contributed by atoms with Crippen LogP contribution in [0.3, 0.4) is 0 Å². The fourth-order valence-electron chi connectivity index (χ4n) is 2.91. The molecule has 0 amide bonds. The van der Waals surface area contributed by atoms with Crippen LogP contribution in [0, 0.1) is 17.9 Å². The van der Waals surface area contributed by atoms with Gasteiger partial charge < -0.3 is 21.3 Å². The quantitative estimate of drug-likeness (QED) is 0.381. The molecule has 0 aliphatic heterocycles. The summed E-state index contributed by atoms with van der Waals surface area (Å²) in [5.41, 5.74) is -0.804. The summed E-state index contributed by atoms with van der Waals surface area (Å²) < 4.78 is 41.1. The number of aliphatic hydroxyl groups is 1. The zero-order valence-corrected chi connectivity index (χ0v) is 23.9. The van der Waals surface area contributed by atoms with Gasteiger partial charge in [0.15, 0.2) is 0 Å². The van der Waals surface area contributed by atoms with E-state index in [1.807, 2.05) is 6.92 Å². The van der Waals surface area contributed by atoms with E-state index in [0.29, 0.717) is 31.5 Å². The second-order valence-electron chi connectivity index (χ2n) is 9.20. The molecule has 0 heterocycles. The van der Waals surface area contributed by atoms with Gasteiger partial charge in [-0.25, -0.2) is 17.8 Å². The van der Waals surface area contributed by atoms with Gasteiger partial charge in [0.1, 0.15) is 5.78 Å². The Balaban J connectivity index is 0.000000608. The molecule has 1 N–H and O–H groups in total. The van der Waals surface area contributed by atoms with E-state index in [9.17, 15) is 23.1 Å². The number of alkyl halides is 3. The Morgan fingerprint density at radius 3 is 2.09 bits per heavy atom. The summed E-state index contributed by atoms with van der Waals surface area (Å²) in [7, 11) is 0. The van der Waals surface area contributed by atoms with Crippen molar-refractivity contribution in [1.29, 1.82) is 0 Å². The fourth-order valence-corrected chi connectivity index (χ4v) is 2.91. The predicted octanol–water partition coefficient (Wildman–Crippen LogP) is 4.14. The minimum Gasteiger partial charge on any atom is -0.482 e. The first kappa shape index (κ1) is 32.7. The third-order valence-electron chi connectivity index (χ3n) is 4.96. The summed E-state index contributed by atoms with van der Waals surface area (Å²) >= 11 is 0. The van der Waals surface area contributed by atoms with Crippen molar-refractivity contribution in [3.63, 3.8) is 0 Å². The van der Waals surface area contributed by atoms with Gasteiger partial charge in [-0.2, -0.15) is 25.1 Å². The summed E-state index contributed by atoms with van der Waals surface area (Å²) in [5.74, 6) is -0.159. The predicted molar refractivity (Wildman–Crippen MR) is 120 cm³/mol. The smallest absolute Gasteiger partial charge is 0.482 e. The number of hydrogen-bond acceptors (Lipinski definition) is 4. The minimum atomic E-state index is -4.83. The maximum absolute atomic E-state index is 12.4. The minimum absolute atomic E-state index is 0. The molecule has 0 bridgehead atoms. The molecule has 1 aromatic rings. The monoisotopic (exact) mass is 493 g/mol. The van der Waals surface area contributed by atoms with E-state index in [1.54, 1.807) is 0 Å². The first-order chi connectivity index (χ1) is 14.8. The Bertz CT molecular complexity index is 746. The molecule has 182 valence electrons. The van der Waals surface area contributed by atoms with E-state index in [-0.39, 0.29) is 68.1 Å². The summed E-state index contributed by atoms with van der Waals surface area (Å²) in [5, 5.41) is 10.2. The molecular weight excluding hydrogens is 458 g/mol. The van der Waals surface area contributed by atoms with Gasteiger partial charge in [-0.3, -0.25) is 4.79 Å². The van der Waals surface area contributed by atoms with Crippen molar-refractivity contribution >= 4 is 17.7 Å². The van der Waals surface area contributed by atoms with E-state index in [4.69, 9.17) is 0 Å². The van der Waals surface area contributed by atoms with E-state index >= 15 is 0 Å². The average Bonchev–Trinajstić information content (AvgIpc) is 2.56. The van der Waals surface area contributed by atoms with Gasteiger partial charge in [0.2, 0.25) is 0 Å². The number of carbonyl (C=O) groups excluding carboxylic acids is 1. The topological polar surface area (TPSA) is 58.9 Å². The van der Waals surface area contributed by atoms with Crippen molar-refractivity contribution in [2.45, 2.75) is 97.9 Å². The van der Waals surface area contributed by atoms with E-state index in [1.165, 1.54) is 38.3 Å². The molecule has 33 heavy (non-hydrogen) atoms. The van der Waals surface area contributed by atoms with Crippen LogP contribution in [0.15, 0.2) is 17.1 Å². The van der Waals surface area contributed by atoms with E-state index in [0.717, 1.165) is 6.42 Å². The number of rotatable bonds is 5. The number of aliphatic imine (C=N–C) groups is 1. The number of ketones is 1. The maximum Gasteiger partial charge on any atom is 1.00 e.